The maximum absolute atomic E-state index is 13.1. The minimum absolute atomic E-state index is 0.0280. The van der Waals surface area contributed by atoms with E-state index in [-0.39, 0.29) is 17.3 Å². The van der Waals surface area contributed by atoms with Gasteiger partial charge >= 0.3 is 13.1 Å². The lowest BCUT2D eigenvalue weighted by molar-refractivity contribution is -0.123. The van der Waals surface area contributed by atoms with Gasteiger partial charge in [0.15, 0.2) is 0 Å². The number of para-hydroxylation sites is 1. The maximum Gasteiger partial charge on any atom is 0.475 e. The van der Waals surface area contributed by atoms with Gasteiger partial charge in [-0.25, -0.2) is 9.97 Å². The van der Waals surface area contributed by atoms with Crippen LogP contribution in [0, 0.1) is 11.8 Å². The van der Waals surface area contributed by atoms with Gasteiger partial charge in [0.1, 0.15) is 10.6 Å². The zero-order valence-corrected chi connectivity index (χ0v) is 20.7. The molecular weight excluding hydrogens is 495 g/mol. The zero-order valence-electron chi connectivity index (χ0n) is 19.9. The molecule has 4 rings (SSSR count). The summed E-state index contributed by atoms with van der Waals surface area (Å²) in [7, 11) is -5.94. The number of rotatable bonds is 12. The predicted octanol–water partition coefficient (Wildman–Crippen LogP) is 2.18. The number of ether oxygens (including phenoxy) is 1. The van der Waals surface area contributed by atoms with Crippen molar-refractivity contribution in [2.75, 3.05) is 0 Å². The summed E-state index contributed by atoms with van der Waals surface area (Å²) >= 11 is 0. The fourth-order valence-corrected chi connectivity index (χ4v) is 4.44. The van der Waals surface area contributed by atoms with E-state index in [2.05, 4.69) is 19.7 Å². The first kappa shape index (κ1) is 26.5. The van der Waals surface area contributed by atoms with Crippen LogP contribution in [0.5, 0.6) is 11.8 Å². The van der Waals surface area contributed by atoms with Crippen molar-refractivity contribution in [3.8, 4) is 11.8 Å². The Hall–Kier alpha value is -3.61. The number of aromatic nitrogens is 2. The molecule has 2 atom stereocenters. The number of amides is 1. The van der Waals surface area contributed by atoms with E-state index in [0.717, 1.165) is 37.0 Å². The lowest BCUT2D eigenvalue weighted by atomic mass is 9.76. The number of carbonyl (C=O) groups is 1. The van der Waals surface area contributed by atoms with Crippen LogP contribution in [0.2, 0.25) is 0 Å². The Bertz CT molecular complexity index is 1300. The molecule has 1 aromatic heterocycles. The first-order valence-corrected chi connectivity index (χ1v) is 13.3. The lowest BCUT2D eigenvalue weighted by Crippen LogP contribution is -2.49. The number of nitrogens with zero attached hydrogens (tertiary/aromatic N) is 3. The molecule has 1 amide bonds. The fourth-order valence-electron chi connectivity index (χ4n) is 3.64. The molecule has 0 saturated heterocycles. The molecule has 1 saturated carbocycles. The minimum atomic E-state index is -4.21. The molecule has 3 N–H and O–H groups in total. The monoisotopic (exact) mass is 522 g/mol. The van der Waals surface area contributed by atoms with E-state index in [1.54, 1.807) is 24.3 Å². The summed E-state index contributed by atoms with van der Waals surface area (Å²) in [4.78, 5) is 20.7. The summed E-state index contributed by atoms with van der Waals surface area (Å²) in [5, 5.41) is 22.1. The number of nitrogens with one attached hydrogen (secondary N) is 1. The van der Waals surface area contributed by atoms with Crippen molar-refractivity contribution in [1.29, 1.82) is 0 Å². The molecule has 37 heavy (non-hydrogen) atoms. The first-order valence-electron chi connectivity index (χ1n) is 11.9. The van der Waals surface area contributed by atoms with Gasteiger partial charge in [-0.1, -0.05) is 61.4 Å². The maximum atomic E-state index is 13.1. The van der Waals surface area contributed by atoms with E-state index in [1.807, 2.05) is 36.4 Å². The van der Waals surface area contributed by atoms with E-state index < -0.39 is 34.9 Å². The Morgan fingerprint density at radius 1 is 1.08 bits per heavy atom. The van der Waals surface area contributed by atoms with Gasteiger partial charge in [0, 0.05) is 6.21 Å². The average Bonchev–Trinajstić information content (AvgIpc) is 3.72. The molecule has 0 aliphatic heterocycles. The van der Waals surface area contributed by atoms with Crippen LogP contribution in [-0.4, -0.2) is 53.6 Å². The summed E-state index contributed by atoms with van der Waals surface area (Å²) in [6.07, 6.45) is 5.78. The highest BCUT2D eigenvalue weighted by molar-refractivity contribution is 7.90. The van der Waals surface area contributed by atoms with Gasteiger partial charge in [0.25, 0.3) is 10.0 Å². The number of sulfonamides is 1. The van der Waals surface area contributed by atoms with Gasteiger partial charge in [-0.15, -0.1) is 0 Å². The third-order valence-electron chi connectivity index (χ3n) is 5.84. The van der Waals surface area contributed by atoms with Crippen LogP contribution >= 0.6 is 0 Å². The molecule has 1 unspecified atom stereocenters. The van der Waals surface area contributed by atoms with Crippen molar-refractivity contribution in [3.05, 3.63) is 78.6 Å². The SMILES string of the molecule is O=C(N[C@@H](CC1CC1)B(O)O)C(C=NS(=O)(=O)c1cnc(Oc2ccccc2)nc1)Cc1ccccc1. The molecular formula is C25H27BN4O6S. The molecule has 1 aliphatic carbocycles. The fraction of sp³-hybridized carbons (Fsp3) is 0.280. The molecule has 1 fully saturated rings. The predicted molar refractivity (Wildman–Crippen MR) is 137 cm³/mol. The van der Waals surface area contributed by atoms with Gasteiger partial charge in [-0.3, -0.25) is 4.79 Å². The summed E-state index contributed by atoms with van der Waals surface area (Å²) in [5.41, 5.74) is 0.792. The van der Waals surface area contributed by atoms with E-state index in [0.29, 0.717) is 18.1 Å². The van der Waals surface area contributed by atoms with Gasteiger partial charge in [0.2, 0.25) is 5.91 Å². The first-order chi connectivity index (χ1) is 17.8. The second kappa shape index (κ2) is 12.1. The molecule has 12 heteroatoms. The number of carbonyl (C=O) groups excluding carboxylic acids is 1. The molecule has 2 aromatic carbocycles. The van der Waals surface area contributed by atoms with Gasteiger partial charge in [-0.05, 0) is 36.5 Å². The number of hydrogen-bond acceptors (Lipinski definition) is 8. The van der Waals surface area contributed by atoms with Crippen molar-refractivity contribution < 1.29 is 28.0 Å². The largest absolute Gasteiger partial charge is 0.475 e. The molecule has 0 radical (unpaired) electrons. The van der Waals surface area contributed by atoms with Crippen molar-refractivity contribution in [2.24, 2.45) is 16.2 Å². The molecule has 192 valence electrons. The van der Waals surface area contributed by atoms with E-state index >= 15 is 0 Å². The highest BCUT2D eigenvalue weighted by Gasteiger charge is 2.34. The molecule has 3 aromatic rings. The van der Waals surface area contributed by atoms with Crippen LogP contribution in [0.15, 0.2) is 82.4 Å². The van der Waals surface area contributed by atoms with Crippen molar-refractivity contribution in [3.63, 3.8) is 0 Å². The Morgan fingerprint density at radius 2 is 1.70 bits per heavy atom. The lowest BCUT2D eigenvalue weighted by Gasteiger charge is -2.20. The van der Waals surface area contributed by atoms with Crippen molar-refractivity contribution >= 4 is 29.3 Å². The quantitative estimate of drug-likeness (QED) is 0.242. The molecule has 0 bridgehead atoms. The van der Waals surface area contributed by atoms with Gasteiger partial charge in [-0.2, -0.15) is 12.8 Å². The Morgan fingerprint density at radius 3 is 2.30 bits per heavy atom. The van der Waals surface area contributed by atoms with Gasteiger partial charge in [0.05, 0.1) is 24.3 Å². The smallest absolute Gasteiger partial charge is 0.426 e. The third-order valence-corrected chi connectivity index (χ3v) is 7.05. The topological polar surface area (TPSA) is 151 Å². The van der Waals surface area contributed by atoms with E-state index in [4.69, 9.17) is 4.74 Å². The molecule has 10 nitrogen and oxygen atoms in total. The Balaban J connectivity index is 1.49. The highest BCUT2D eigenvalue weighted by atomic mass is 32.2. The van der Waals surface area contributed by atoms with Gasteiger partial charge < -0.3 is 20.1 Å². The number of benzene rings is 2. The number of hydrogen-bond donors (Lipinski definition) is 3. The van der Waals surface area contributed by atoms with Crippen LogP contribution < -0.4 is 10.1 Å². The average molecular weight is 522 g/mol. The van der Waals surface area contributed by atoms with Crippen LogP contribution in [0.1, 0.15) is 24.8 Å². The molecule has 0 spiro atoms. The Kier molecular flexibility index (Phi) is 8.64. The van der Waals surface area contributed by atoms with E-state index in [1.165, 1.54) is 0 Å². The zero-order chi connectivity index (χ0) is 26.3. The minimum Gasteiger partial charge on any atom is -0.426 e. The second-order valence-electron chi connectivity index (χ2n) is 8.85. The van der Waals surface area contributed by atoms with Crippen LogP contribution in [0.3, 0.4) is 0 Å². The summed E-state index contributed by atoms with van der Waals surface area (Å²) in [6, 6.07) is 17.8. The van der Waals surface area contributed by atoms with Crippen LogP contribution in [0.4, 0.5) is 0 Å². The standard InChI is InChI=1S/C25H27BN4O6S/c31-24(30-23(26(32)33)14-19-11-12-19)20(13-18-7-3-1-4-8-18)15-29-37(34,35)22-16-27-25(28-17-22)36-21-9-5-2-6-10-21/h1-10,15-17,19-20,23,32-33H,11-14H2,(H,30,31)/t20?,23-/m0/s1. The summed E-state index contributed by atoms with van der Waals surface area (Å²) in [6.45, 7) is 0. The highest BCUT2D eigenvalue weighted by Crippen LogP contribution is 2.33. The normalized spacial score (nSPS) is 15.2. The Labute approximate surface area is 215 Å². The van der Waals surface area contributed by atoms with Crippen molar-refractivity contribution in [1.82, 2.24) is 15.3 Å². The van der Waals surface area contributed by atoms with Crippen LogP contribution in [0.25, 0.3) is 0 Å². The van der Waals surface area contributed by atoms with Crippen molar-refractivity contribution in [2.45, 2.75) is 36.5 Å². The van der Waals surface area contributed by atoms with Crippen LogP contribution in [-0.2, 0) is 21.2 Å². The third kappa shape index (κ3) is 7.94. The summed E-state index contributed by atoms with van der Waals surface area (Å²) < 4.78 is 34.9. The molecule has 1 aliphatic rings. The van der Waals surface area contributed by atoms with E-state index in [9.17, 15) is 23.3 Å². The molecule has 1 heterocycles. The summed E-state index contributed by atoms with van der Waals surface area (Å²) in [5.74, 6) is -1.54. The second-order valence-corrected chi connectivity index (χ2v) is 10.5.